The quantitative estimate of drug-likeness (QED) is 0.562. The van der Waals surface area contributed by atoms with Gasteiger partial charge in [0.05, 0.1) is 12.9 Å². The number of hydrogen-bond acceptors (Lipinski definition) is 6. The first kappa shape index (κ1) is 20.1. The Kier molecular flexibility index (Phi) is 6.81. The highest BCUT2D eigenvalue weighted by Crippen LogP contribution is 2.28. The van der Waals surface area contributed by atoms with E-state index in [0.717, 1.165) is 36.0 Å². The Balaban J connectivity index is 1.81. The Bertz CT molecular complexity index is 892. The van der Waals surface area contributed by atoms with Crippen LogP contribution in [0.25, 0.3) is 11.2 Å². The second-order valence-corrected chi connectivity index (χ2v) is 6.95. The van der Waals surface area contributed by atoms with Gasteiger partial charge < -0.3 is 19.8 Å². The normalized spacial score (nSPS) is 12.4. The van der Waals surface area contributed by atoms with Crippen LogP contribution in [0.5, 0.6) is 5.88 Å². The molecule has 1 unspecified atom stereocenters. The molecule has 7 heteroatoms. The lowest BCUT2D eigenvalue weighted by Crippen LogP contribution is -2.09. The third kappa shape index (κ3) is 4.59. The zero-order chi connectivity index (χ0) is 19.9. The average molecular weight is 383 g/mol. The molecule has 0 fully saturated rings. The molecule has 2 N–H and O–H groups in total. The van der Waals surface area contributed by atoms with Gasteiger partial charge in [0.2, 0.25) is 11.8 Å². The number of methoxy groups -OCH3 is 1. The summed E-state index contributed by atoms with van der Waals surface area (Å²) in [6.07, 6.45) is 6.26. The fourth-order valence-electron chi connectivity index (χ4n) is 3.30. The second kappa shape index (κ2) is 9.50. The molecule has 0 spiro atoms. The minimum Gasteiger partial charge on any atom is -0.471 e. The third-order valence-corrected chi connectivity index (χ3v) is 4.87. The minimum absolute atomic E-state index is 0.199. The Morgan fingerprint density at radius 3 is 2.43 bits per heavy atom. The van der Waals surface area contributed by atoms with Crippen molar-refractivity contribution in [3.05, 3.63) is 41.7 Å². The molecule has 1 atom stereocenters. The summed E-state index contributed by atoms with van der Waals surface area (Å²) < 4.78 is 13.2. The molecule has 0 bridgehead atoms. The largest absolute Gasteiger partial charge is 0.471 e. The number of nitrogens with two attached hydrogens (primary N) is 1. The van der Waals surface area contributed by atoms with E-state index in [-0.39, 0.29) is 5.95 Å². The summed E-state index contributed by atoms with van der Waals surface area (Å²) in [6.45, 7) is 5.37. The van der Waals surface area contributed by atoms with E-state index in [1.54, 1.807) is 7.11 Å². The predicted octanol–water partition coefficient (Wildman–Crippen LogP) is 4.28. The lowest BCUT2D eigenvalue weighted by atomic mass is 10.1. The number of rotatable bonds is 10. The Labute approximate surface area is 165 Å². The summed E-state index contributed by atoms with van der Waals surface area (Å²) in [4.78, 5) is 13.2. The molecule has 7 nitrogen and oxygen atoms in total. The van der Waals surface area contributed by atoms with Crippen LogP contribution < -0.4 is 10.5 Å². The average Bonchev–Trinajstić information content (AvgIpc) is 3.12. The number of unbranched alkanes of at least 4 members (excludes halogenated alkanes) is 1. The first-order chi connectivity index (χ1) is 13.7. The van der Waals surface area contributed by atoms with Crippen LogP contribution in [-0.4, -0.2) is 26.6 Å². The number of ether oxygens (including phenoxy) is 2. The van der Waals surface area contributed by atoms with E-state index < -0.39 is 0 Å². The number of nitrogens with zero attached hydrogens (tertiary/aromatic N) is 4. The smallest absolute Gasteiger partial charge is 0.247 e. The second-order valence-electron chi connectivity index (χ2n) is 6.95. The van der Waals surface area contributed by atoms with Crippen LogP contribution in [0.2, 0.25) is 0 Å². The predicted molar refractivity (Wildman–Crippen MR) is 110 cm³/mol. The number of anilines is 1. The van der Waals surface area contributed by atoms with Gasteiger partial charge in [-0.25, -0.2) is 4.98 Å². The highest BCUT2D eigenvalue weighted by molar-refractivity contribution is 5.77. The molecule has 3 rings (SSSR count). The summed E-state index contributed by atoms with van der Waals surface area (Å²) >= 11 is 0. The number of imidazole rings is 1. The summed E-state index contributed by atoms with van der Waals surface area (Å²) in [6, 6.07) is 8.44. The first-order valence-corrected chi connectivity index (χ1v) is 9.85. The van der Waals surface area contributed by atoms with E-state index in [4.69, 9.17) is 15.2 Å². The van der Waals surface area contributed by atoms with Gasteiger partial charge >= 0.3 is 0 Å². The summed E-state index contributed by atoms with van der Waals surface area (Å²) in [5.74, 6) is 0.623. The van der Waals surface area contributed by atoms with Crippen molar-refractivity contribution < 1.29 is 9.47 Å². The molecule has 0 saturated carbocycles. The summed E-state index contributed by atoms with van der Waals surface area (Å²) in [5, 5.41) is 0. The molecule has 0 aliphatic rings. The van der Waals surface area contributed by atoms with Crippen molar-refractivity contribution in [3.63, 3.8) is 0 Å². The van der Waals surface area contributed by atoms with Gasteiger partial charge in [0.15, 0.2) is 11.2 Å². The van der Waals surface area contributed by atoms with Crippen LogP contribution in [0.4, 0.5) is 5.95 Å². The SMILES string of the molecule is CCCCC(CC)n1cnc2c(OCc3ccc(COC)cc3)nc(N)nc21. The number of benzene rings is 1. The molecule has 2 heterocycles. The Morgan fingerprint density at radius 2 is 1.79 bits per heavy atom. The molecule has 0 radical (unpaired) electrons. The molecule has 28 heavy (non-hydrogen) atoms. The van der Waals surface area contributed by atoms with Gasteiger partial charge in [0.1, 0.15) is 6.61 Å². The lowest BCUT2D eigenvalue weighted by molar-refractivity contribution is 0.185. The molecule has 0 saturated heterocycles. The third-order valence-electron chi connectivity index (χ3n) is 4.87. The number of aromatic nitrogens is 4. The van der Waals surface area contributed by atoms with Crippen LogP contribution >= 0.6 is 0 Å². The summed E-state index contributed by atoms with van der Waals surface area (Å²) in [7, 11) is 1.69. The molecule has 0 aliphatic heterocycles. The number of fused-ring (bicyclic) bond motifs is 1. The topological polar surface area (TPSA) is 88.1 Å². The highest BCUT2D eigenvalue weighted by atomic mass is 16.5. The monoisotopic (exact) mass is 383 g/mol. The molecule has 1 aromatic carbocycles. The van der Waals surface area contributed by atoms with E-state index in [1.165, 1.54) is 6.42 Å². The maximum Gasteiger partial charge on any atom is 0.247 e. The van der Waals surface area contributed by atoms with Crippen molar-refractivity contribution in [2.24, 2.45) is 0 Å². The van der Waals surface area contributed by atoms with Gasteiger partial charge in [-0.2, -0.15) is 9.97 Å². The van der Waals surface area contributed by atoms with Gasteiger partial charge in [-0.1, -0.05) is 51.0 Å². The maximum absolute atomic E-state index is 5.96. The zero-order valence-corrected chi connectivity index (χ0v) is 16.9. The number of hydrogen-bond donors (Lipinski definition) is 1. The van der Waals surface area contributed by atoms with Crippen LogP contribution in [0, 0.1) is 0 Å². The Morgan fingerprint density at radius 1 is 1.07 bits per heavy atom. The zero-order valence-electron chi connectivity index (χ0n) is 16.9. The van der Waals surface area contributed by atoms with Crippen LogP contribution in [0.15, 0.2) is 30.6 Å². The fraction of sp³-hybridized carbons (Fsp3) is 0.476. The fourth-order valence-corrected chi connectivity index (χ4v) is 3.30. The molecule has 0 aliphatic carbocycles. The molecule has 2 aromatic heterocycles. The summed E-state index contributed by atoms with van der Waals surface area (Å²) in [5.41, 5.74) is 9.51. The van der Waals surface area contributed by atoms with Gasteiger partial charge in [-0.3, -0.25) is 0 Å². The Hall–Kier alpha value is -2.67. The molecular formula is C21H29N5O2. The number of nitrogen functional groups attached to an aromatic ring is 1. The van der Waals surface area contributed by atoms with Crippen LogP contribution in [0.3, 0.4) is 0 Å². The molecule has 0 amide bonds. The van der Waals surface area contributed by atoms with Gasteiger partial charge in [-0.15, -0.1) is 0 Å². The molecule has 150 valence electrons. The van der Waals surface area contributed by atoms with Crippen molar-refractivity contribution in [3.8, 4) is 5.88 Å². The van der Waals surface area contributed by atoms with Gasteiger partial charge in [0, 0.05) is 13.2 Å². The minimum atomic E-state index is 0.199. The van der Waals surface area contributed by atoms with Crippen molar-refractivity contribution in [2.45, 2.75) is 58.8 Å². The first-order valence-electron chi connectivity index (χ1n) is 9.85. The van der Waals surface area contributed by atoms with E-state index >= 15 is 0 Å². The van der Waals surface area contributed by atoms with E-state index in [0.29, 0.717) is 30.7 Å². The highest BCUT2D eigenvalue weighted by Gasteiger charge is 2.18. The standard InChI is InChI=1S/C21H29N5O2/c1-4-6-7-17(5-2)26-14-23-18-19(26)24-21(22)25-20(18)28-13-16-10-8-15(9-11-16)12-27-3/h8-11,14,17H,4-7,12-13H2,1-3H3,(H2,22,24,25). The molecular weight excluding hydrogens is 354 g/mol. The maximum atomic E-state index is 5.96. The van der Waals surface area contributed by atoms with E-state index in [9.17, 15) is 0 Å². The van der Waals surface area contributed by atoms with Gasteiger partial charge in [0.25, 0.3) is 0 Å². The van der Waals surface area contributed by atoms with E-state index in [2.05, 4.69) is 33.4 Å². The van der Waals surface area contributed by atoms with E-state index in [1.807, 2.05) is 30.6 Å². The lowest BCUT2D eigenvalue weighted by Gasteiger charge is -2.17. The van der Waals surface area contributed by atoms with Crippen molar-refractivity contribution in [1.82, 2.24) is 19.5 Å². The van der Waals surface area contributed by atoms with Crippen LogP contribution in [0.1, 0.15) is 56.7 Å². The van der Waals surface area contributed by atoms with Gasteiger partial charge in [-0.05, 0) is 24.0 Å². The van der Waals surface area contributed by atoms with Crippen LogP contribution in [-0.2, 0) is 18.0 Å². The van der Waals surface area contributed by atoms with Crippen molar-refractivity contribution in [2.75, 3.05) is 12.8 Å². The molecule has 3 aromatic rings. The van der Waals surface area contributed by atoms with Crippen molar-refractivity contribution >= 4 is 17.1 Å². The van der Waals surface area contributed by atoms with Crippen molar-refractivity contribution in [1.29, 1.82) is 0 Å².